The van der Waals surface area contributed by atoms with Crippen LogP contribution < -0.4 is 4.90 Å². The Morgan fingerprint density at radius 1 is 0.905 bits per heavy atom. The molecule has 0 bridgehead atoms. The van der Waals surface area contributed by atoms with Gasteiger partial charge in [0.2, 0.25) is 0 Å². The highest BCUT2D eigenvalue weighted by Crippen LogP contribution is 2.31. The predicted molar refractivity (Wildman–Crippen MR) is 82.6 cm³/mol. The van der Waals surface area contributed by atoms with Crippen LogP contribution in [0, 0.1) is 20.8 Å². The summed E-state index contributed by atoms with van der Waals surface area (Å²) in [5, 5.41) is 0. The van der Waals surface area contributed by atoms with Crippen molar-refractivity contribution in [1.82, 2.24) is 0 Å². The minimum Gasteiger partial charge on any atom is -0.300 e. The normalized spacial score (nSPS) is 13.8. The van der Waals surface area contributed by atoms with Crippen molar-refractivity contribution >= 4 is 17.4 Å². The molecule has 0 aromatic heterocycles. The molecule has 21 heavy (non-hydrogen) atoms. The molecule has 0 spiro atoms. The smallest absolute Gasteiger partial charge is 0.299 e. The summed E-state index contributed by atoms with van der Waals surface area (Å²) >= 11 is 0. The van der Waals surface area contributed by atoms with Crippen molar-refractivity contribution in [1.29, 1.82) is 0 Å². The van der Waals surface area contributed by atoms with Gasteiger partial charge >= 0.3 is 0 Å². The van der Waals surface area contributed by atoms with Crippen LogP contribution in [0.4, 0.5) is 5.69 Å². The molecular weight excluding hydrogens is 262 g/mol. The lowest BCUT2D eigenvalue weighted by Crippen LogP contribution is -2.29. The molecule has 2 aromatic rings. The van der Waals surface area contributed by atoms with E-state index in [1.807, 2.05) is 38.1 Å². The second kappa shape index (κ2) is 4.85. The number of fused-ring (bicyclic) bond motifs is 1. The van der Waals surface area contributed by atoms with Gasteiger partial charge < -0.3 is 4.90 Å². The molecule has 1 aliphatic heterocycles. The second-order valence-corrected chi connectivity index (χ2v) is 5.66. The van der Waals surface area contributed by atoms with Crippen LogP contribution >= 0.6 is 0 Å². The number of carbonyl (C=O) groups excluding carboxylic acids is 2. The van der Waals surface area contributed by atoms with Gasteiger partial charge in [0.25, 0.3) is 11.7 Å². The number of rotatable bonds is 2. The number of benzene rings is 2. The monoisotopic (exact) mass is 279 g/mol. The van der Waals surface area contributed by atoms with E-state index in [0.29, 0.717) is 17.8 Å². The van der Waals surface area contributed by atoms with E-state index in [1.54, 1.807) is 11.0 Å². The Labute approximate surface area is 124 Å². The van der Waals surface area contributed by atoms with Crippen LogP contribution in [-0.4, -0.2) is 11.7 Å². The van der Waals surface area contributed by atoms with Gasteiger partial charge in [0.05, 0.1) is 17.8 Å². The van der Waals surface area contributed by atoms with Crippen molar-refractivity contribution in [3.63, 3.8) is 0 Å². The first-order valence-electron chi connectivity index (χ1n) is 7.00. The zero-order valence-electron chi connectivity index (χ0n) is 12.4. The summed E-state index contributed by atoms with van der Waals surface area (Å²) in [6.07, 6.45) is 0. The molecule has 0 fully saturated rings. The molecule has 0 N–H and O–H groups in total. The van der Waals surface area contributed by atoms with Gasteiger partial charge in [-0.25, -0.2) is 0 Å². The fourth-order valence-electron chi connectivity index (χ4n) is 2.66. The second-order valence-electron chi connectivity index (χ2n) is 5.66. The van der Waals surface area contributed by atoms with Gasteiger partial charge in [-0.15, -0.1) is 0 Å². The zero-order chi connectivity index (χ0) is 15.1. The molecule has 0 radical (unpaired) electrons. The number of hydrogen-bond donors (Lipinski definition) is 0. The number of ketones is 1. The van der Waals surface area contributed by atoms with E-state index < -0.39 is 11.7 Å². The summed E-state index contributed by atoms with van der Waals surface area (Å²) in [4.78, 5) is 25.9. The molecule has 0 saturated carbocycles. The summed E-state index contributed by atoms with van der Waals surface area (Å²) < 4.78 is 0. The topological polar surface area (TPSA) is 37.4 Å². The van der Waals surface area contributed by atoms with Crippen molar-refractivity contribution in [2.75, 3.05) is 4.90 Å². The van der Waals surface area contributed by atoms with Gasteiger partial charge in [0.1, 0.15) is 0 Å². The van der Waals surface area contributed by atoms with Crippen LogP contribution in [0.3, 0.4) is 0 Å². The maximum Gasteiger partial charge on any atom is 0.299 e. The molecule has 0 saturated heterocycles. The fraction of sp³-hybridized carbons (Fsp3) is 0.222. The quantitative estimate of drug-likeness (QED) is 0.791. The molecule has 0 unspecified atom stereocenters. The van der Waals surface area contributed by atoms with Crippen molar-refractivity contribution in [3.05, 3.63) is 64.2 Å². The van der Waals surface area contributed by atoms with Crippen LogP contribution in [0.5, 0.6) is 0 Å². The summed E-state index contributed by atoms with van der Waals surface area (Å²) in [5.41, 5.74) is 5.67. The van der Waals surface area contributed by atoms with Crippen molar-refractivity contribution in [2.45, 2.75) is 27.3 Å². The lowest BCUT2D eigenvalue weighted by atomic mass is 10.1. The minimum absolute atomic E-state index is 0.405. The van der Waals surface area contributed by atoms with E-state index >= 15 is 0 Å². The number of amides is 1. The van der Waals surface area contributed by atoms with E-state index in [4.69, 9.17) is 0 Å². The van der Waals surface area contributed by atoms with E-state index in [-0.39, 0.29) is 0 Å². The molecule has 1 heterocycles. The van der Waals surface area contributed by atoms with Crippen molar-refractivity contribution in [2.24, 2.45) is 0 Å². The Balaban J connectivity index is 1.98. The van der Waals surface area contributed by atoms with E-state index in [2.05, 4.69) is 13.0 Å². The Hall–Kier alpha value is -2.42. The van der Waals surface area contributed by atoms with E-state index in [9.17, 15) is 9.59 Å². The summed E-state index contributed by atoms with van der Waals surface area (Å²) in [6.45, 7) is 6.46. The van der Waals surface area contributed by atoms with Gasteiger partial charge in [-0.05, 0) is 49.6 Å². The van der Waals surface area contributed by atoms with Gasteiger partial charge in [-0.1, -0.05) is 29.8 Å². The van der Waals surface area contributed by atoms with Crippen LogP contribution in [0.1, 0.15) is 32.6 Å². The molecule has 106 valence electrons. The maximum atomic E-state index is 12.2. The molecule has 1 amide bonds. The third kappa shape index (κ3) is 2.25. The molecule has 0 aliphatic carbocycles. The van der Waals surface area contributed by atoms with Gasteiger partial charge in [0.15, 0.2) is 0 Å². The molecule has 3 nitrogen and oxygen atoms in total. The van der Waals surface area contributed by atoms with Gasteiger partial charge in [-0.3, -0.25) is 9.59 Å². The van der Waals surface area contributed by atoms with Crippen LogP contribution in [0.25, 0.3) is 0 Å². The number of Topliss-reactive ketones (excluding diaryl/α,β-unsaturated/α-hetero) is 1. The third-order valence-corrected chi connectivity index (χ3v) is 4.04. The van der Waals surface area contributed by atoms with E-state index in [0.717, 1.165) is 11.1 Å². The maximum absolute atomic E-state index is 12.2. The number of hydrogen-bond acceptors (Lipinski definition) is 2. The fourth-order valence-corrected chi connectivity index (χ4v) is 2.66. The summed E-state index contributed by atoms with van der Waals surface area (Å²) in [6, 6.07) is 11.7. The number of carbonyl (C=O) groups is 2. The first kappa shape index (κ1) is 13.6. The Bertz CT molecular complexity index is 762. The summed E-state index contributed by atoms with van der Waals surface area (Å²) in [5.74, 6) is -0.841. The molecular formula is C18H17NO2. The number of aryl methyl sites for hydroxylation is 3. The molecule has 1 aliphatic rings. The molecule has 2 aromatic carbocycles. The van der Waals surface area contributed by atoms with Crippen molar-refractivity contribution in [3.8, 4) is 0 Å². The van der Waals surface area contributed by atoms with Crippen LogP contribution in [-0.2, 0) is 11.3 Å². The number of anilines is 1. The zero-order valence-corrected chi connectivity index (χ0v) is 12.4. The third-order valence-electron chi connectivity index (χ3n) is 4.04. The first-order chi connectivity index (χ1) is 9.97. The first-order valence-corrected chi connectivity index (χ1v) is 7.00. The molecule has 3 rings (SSSR count). The Kier molecular flexibility index (Phi) is 3.13. The highest BCUT2D eigenvalue weighted by atomic mass is 16.2. The SMILES string of the molecule is Cc1ccc2c(c1)C(=O)C(=O)N2Cc1ccc(C)c(C)c1. The van der Waals surface area contributed by atoms with Crippen molar-refractivity contribution < 1.29 is 9.59 Å². The average molecular weight is 279 g/mol. The molecule has 3 heteroatoms. The highest BCUT2D eigenvalue weighted by molar-refractivity contribution is 6.52. The van der Waals surface area contributed by atoms with Crippen LogP contribution in [0.2, 0.25) is 0 Å². The van der Waals surface area contributed by atoms with Crippen LogP contribution in [0.15, 0.2) is 36.4 Å². The molecule has 0 atom stereocenters. The average Bonchev–Trinajstić information content (AvgIpc) is 2.68. The van der Waals surface area contributed by atoms with Gasteiger partial charge in [-0.2, -0.15) is 0 Å². The summed E-state index contributed by atoms with van der Waals surface area (Å²) in [7, 11) is 0. The largest absolute Gasteiger partial charge is 0.300 e. The van der Waals surface area contributed by atoms with Gasteiger partial charge in [0, 0.05) is 0 Å². The highest BCUT2D eigenvalue weighted by Gasteiger charge is 2.35. The van der Waals surface area contributed by atoms with E-state index in [1.165, 1.54) is 11.1 Å². The Morgan fingerprint density at radius 2 is 1.67 bits per heavy atom. The number of nitrogens with zero attached hydrogens (tertiary/aromatic N) is 1. The minimum atomic E-state index is -0.436. The lowest BCUT2D eigenvalue weighted by Gasteiger charge is -2.17. The Morgan fingerprint density at radius 3 is 2.38 bits per heavy atom. The lowest BCUT2D eigenvalue weighted by molar-refractivity contribution is -0.114. The standard InChI is InChI=1S/C18H17NO2/c1-11-4-7-16-15(8-11)17(20)18(21)19(16)10-14-6-5-12(2)13(3)9-14/h4-9H,10H2,1-3H3. The predicted octanol–water partition coefficient (Wildman–Crippen LogP) is 3.34.